The zero-order valence-corrected chi connectivity index (χ0v) is 18.0. The van der Waals surface area contributed by atoms with Gasteiger partial charge in [-0.1, -0.05) is 18.2 Å². The number of alkyl halides is 2. The van der Waals surface area contributed by atoms with E-state index in [2.05, 4.69) is 19.2 Å². The highest BCUT2D eigenvalue weighted by Gasteiger charge is 2.30. The third-order valence-electron chi connectivity index (χ3n) is 4.56. The summed E-state index contributed by atoms with van der Waals surface area (Å²) < 4.78 is 50.0. The van der Waals surface area contributed by atoms with Gasteiger partial charge in [0.1, 0.15) is 6.26 Å². The van der Waals surface area contributed by atoms with E-state index in [0.717, 1.165) is 14.2 Å². The van der Waals surface area contributed by atoms with Crippen molar-refractivity contribution in [2.45, 2.75) is 13.0 Å². The largest absolute Gasteiger partial charge is 0.468 e. The van der Waals surface area contributed by atoms with Crippen molar-refractivity contribution in [2.75, 3.05) is 14.2 Å². The van der Waals surface area contributed by atoms with E-state index in [0.29, 0.717) is 0 Å². The second-order valence-electron chi connectivity index (χ2n) is 6.74. The lowest BCUT2D eigenvalue weighted by molar-refractivity contribution is -0.158. The van der Waals surface area contributed by atoms with Crippen LogP contribution < -0.4 is 9.47 Å². The minimum atomic E-state index is -3.15. The summed E-state index contributed by atoms with van der Waals surface area (Å²) in [5, 5.41) is 0. The number of rotatable bonds is 9. The molecule has 34 heavy (non-hydrogen) atoms. The first-order valence-corrected chi connectivity index (χ1v) is 9.79. The summed E-state index contributed by atoms with van der Waals surface area (Å²) in [6.45, 7) is -3.15. The Labute approximate surface area is 192 Å². The van der Waals surface area contributed by atoms with Gasteiger partial charge in [-0.05, 0) is 30.3 Å². The van der Waals surface area contributed by atoms with Gasteiger partial charge in [0.2, 0.25) is 5.89 Å². The van der Waals surface area contributed by atoms with Crippen LogP contribution in [0.4, 0.5) is 8.78 Å². The van der Waals surface area contributed by atoms with Crippen molar-refractivity contribution in [1.82, 2.24) is 4.98 Å². The van der Waals surface area contributed by atoms with E-state index >= 15 is 0 Å². The molecule has 178 valence electrons. The molecular weight excluding hydrogens is 456 g/mol. The summed E-state index contributed by atoms with van der Waals surface area (Å²) in [6, 6.07) is 11.7. The maximum Gasteiger partial charge on any atom is 0.387 e. The van der Waals surface area contributed by atoms with Crippen LogP contribution in [0, 0.1) is 5.92 Å². The SMILES string of the molecule is COC(=O)C(Cc1coc(-c2ccc(OC(F)F)c(OC(=O)c3ccccc3)c2)n1)C(=O)OC. The molecule has 0 radical (unpaired) electrons. The zero-order valence-electron chi connectivity index (χ0n) is 18.0. The summed E-state index contributed by atoms with van der Waals surface area (Å²) in [5.41, 5.74) is 0.689. The van der Waals surface area contributed by atoms with Crippen LogP contribution in [-0.2, 0) is 25.5 Å². The topological polar surface area (TPSA) is 114 Å². The Morgan fingerprint density at radius 3 is 2.26 bits per heavy atom. The summed E-state index contributed by atoms with van der Waals surface area (Å²) in [5.74, 6) is -4.29. The van der Waals surface area contributed by atoms with Crippen molar-refractivity contribution < 1.29 is 46.5 Å². The Morgan fingerprint density at radius 1 is 0.971 bits per heavy atom. The number of aromatic nitrogens is 1. The molecule has 3 rings (SSSR count). The van der Waals surface area contributed by atoms with Crippen molar-refractivity contribution in [2.24, 2.45) is 5.92 Å². The van der Waals surface area contributed by atoms with E-state index in [4.69, 9.17) is 9.15 Å². The van der Waals surface area contributed by atoms with Gasteiger partial charge in [0, 0.05) is 12.0 Å². The lowest BCUT2D eigenvalue weighted by Crippen LogP contribution is -2.28. The molecule has 0 aliphatic rings. The van der Waals surface area contributed by atoms with Crippen LogP contribution in [0.25, 0.3) is 11.5 Å². The van der Waals surface area contributed by atoms with E-state index in [1.165, 1.54) is 36.6 Å². The summed E-state index contributed by atoms with van der Waals surface area (Å²) in [6.07, 6.45) is 1.05. The molecule has 3 aromatic rings. The van der Waals surface area contributed by atoms with Crippen LogP contribution in [0.5, 0.6) is 11.5 Å². The van der Waals surface area contributed by atoms with Gasteiger partial charge in [-0.15, -0.1) is 0 Å². The Bertz CT molecular complexity index is 1150. The first kappa shape index (κ1) is 24.4. The van der Waals surface area contributed by atoms with Gasteiger partial charge in [0.05, 0.1) is 25.5 Å². The molecule has 11 heteroatoms. The second-order valence-corrected chi connectivity index (χ2v) is 6.74. The fraction of sp³-hybridized carbons (Fsp3) is 0.217. The van der Waals surface area contributed by atoms with Gasteiger partial charge in [-0.2, -0.15) is 8.78 Å². The summed E-state index contributed by atoms with van der Waals surface area (Å²) in [7, 11) is 2.27. The van der Waals surface area contributed by atoms with Crippen molar-refractivity contribution in [3.63, 3.8) is 0 Å². The normalized spacial score (nSPS) is 10.8. The predicted molar refractivity (Wildman–Crippen MR) is 111 cm³/mol. The number of benzene rings is 2. The van der Waals surface area contributed by atoms with E-state index in [1.807, 2.05) is 0 Å². The predicted octanol–water partition coefficient (Wildman–Crippen LogP) is 3.67. The highest BCUT2D eigenvalue weighted by atomic mass is 19.3. The lowest BCUT2D eigenvalue weighted by atomic mass is 10.0. The molecule has 0 spiro atoms. The van der Waals surface area contributed by atoms with Crippen LogP contribution >= 0.6 is 0 Å². The summed E-state index contributed by atoms with van der Waals surface area (Å²) in [4.78, 5) is 40.4. The first-order chi connectivity index (χ1) is 16.3. The van der Waals surface area contributed by atoms with E-state index in [-0.39, 0.29) is 40.6 Å². The average molecular weight is 475 g/mol. The Morgan fingerprint density at radius 2 is 1.65 bits per heavy atom. The smallest absolute Gasteiger partial charge is 0.387 e. The van der Waals surface area contributed by atoms with Gasteiger partial charge < -0.3 is 23.4 Å². The van der Waals surface area contributed by atoms with Crippen LogP contribution in [0.3, 0.4) is 0 Å². The number of ether oxygens (including phenoxy) is 4. The number of hydrogen-bond acceptors (Lipinski definition) is 9. The molecule has 0 N–H and O–H groups in total. The number of halogens is 2. The standard InChI is InChI=1S/C23H19F2NO8/c1-30-21(28)16(22(29)31-2)11-15-12-32-19(26-15)14-8-9-17(34-23(24)25)18(10-14)33-20(27)13-6-4-3-5-7-13/h3-10,12,16,23H,11H2,1-2H3. The molecule has 0 atom stereocenters. The van der Waals surface area contributed by atoms with E-state index < -0.39 is 30.4 Å². The fourth-order valence-electron chi connectivity index (χ4n) is 2.94. The van der Waals surface area contributed by atoms with Crippen molar-refractivity contribution in [3.8, 4) is 23.0 Å². The quantitative estimate of drug-likeness (QED) is 0.260. The van der Waals surface area contributed by atoms with E-state index in [9.17, 15) is 23.2 Å². The van der Waals surface area contributed by atoms with Crippen molar-refractivity contribution in [3.05, 3.63) is 66.1 Å². The number of nitrogens with zero attached hydrogens (tertiary/aromatic N) is 1. The van der Waals surface area contributed by atoms with Crippen LogP contribution in [0.1, 0.15) is 16.1 Å². The van der Waals surface area contributed by atoms with Gasteiger partial charge in [0.15, 0.2) is 17.4 Å². The maximum absolute atomic E-state index is 12.8. The zero-order chi connectivity index (χ0) is 24.7. The monoisotopic (exact) mass is 475 g/mol. The van der Waals surface area contributed by atoms with Crippen molar-refractivity contribution >= 4 is 17.9 Å². The Hall–Kier alpha value is -4.28. The number of methoxy groups -OCH3 is 2. The summed E-state index contributed by atoms with van der Waals surface area (Å²) >= 11 is 0. The third kappa shape index (κ3) is 5.94. The Kier molecular flexibility index (Phi) is 7.91. The highest BCUT2D eigenvalue weighted by molar-refractivity contribution is 5.95. The highest BCUT2D eigenvalue weighted by Crippen LogP contribution is 2.34. The molecule has 0 aliphatic carbocycles. The average Bonchev–Trinajstić information content (AvgIpc) is 3.31. The minimum Gasteiger partial charge on any atom is -0.468 e. The molecule has 0 bridgehead atoms. The number of oxazole rings is 1. The van der Waals surface area contributed by atoms with Crippen molar-refractivity contribution in [1.29, 1.82) is 0 Å². The number of hydrogen-bond donors (Lipinski definition) is 0. The van der Waals surface area contributed by atoms with Gasteiger partial charge in [-0.25, -0.2) is 9.78 Å². The molecule has 1 aromatic heterocycles. The van der Waals surface area contributed by atoms with Gasteiger partial charge in [0.25, 0.3) is 0 Å². The van der Waals surface area contributed by atoms with Gasteiger partial charge in [-0.3, -0.25) is 9.59 Å². The van der Waals surface area contributed by atoms with Crippen LogP contribution in [-0.4, -0.2) is 43.7 Å². The molecule has 0 aliphatic heterocycles. The lowest BCUT2D eigenvalue weighted by Gasteiger charge is -2.12. The molecule has 1 heterocycles. The number of carbonyl (C=O) groups excluding carboxylic acids is 3. The maximum atomic E-state index is 12.8. The molecule has 0 amide bonds. The molecule has 0 fully saturated rings. The van der Waals surface area contributed by atoms with Gasteiger partial charge >= 0.3 is 24.5 Å². The molecule has 2 aromatic carbocycles. The van der Waals surface area contributed by atoms with Crippen LogP contribution in [0.2, 0.25) is 0 Å². The number of esters is 3. The minimum absolute atomic E-state index is 0.0177. The molecule has 0 saturated heterocycles. The molecular formula is C23H19F2NO8. The van der Waals surface area contributed by atoms with Crippen LogP contribution in [0.15, 0.2) is 59.2 Å². The van der Waals surface area contributed by atoms with E-state index in [1.54, 1.807) is 18.2 Å². The molecule has 9 nitrogen and oxygen atoms in total. The third-order valence-corrected chi connectivity index (χ3v) is 4.56. The number of carbonyl (C=O) groups is 3. The fourth-order valence-corrected chi connectivity index (χ4v) is 2.94. The second kappa shape index (κ2) is 11.0. The Balaban J connectivity index is 1.88. The molecule has 0 unspecified atom stereocenters. The first-order valence-electron chi connectivity index (χ1n) is 9.79. The molecule has 0 saturated carbocycles.